The second-order valence-corrected chi connectivity index (χ2v) is 7.84. The minimum atomic E-state index is -0.475. The fourth-order valence-electron chi connectivity index (χ4n) is 4.62. The number of carbonyl (C=O) groups excluding carboxylic acids is 1. The molecular weight excluding hydrogens is 268 g/mol. The number of carbonyl (C=O) groups is 1. The molecule has 4 unspecified atom stereocenters. The number of ether oxygens (including phenoxy) is 3. The minimum absolute atomic E-state index is 0.0219. The summed E-state index contributed by atoms with van der Waals surface area (Å²) in [4.78, 5) is 11.4. The van der Waals surface area contributed by atoms with Crippen molar-refractivity contribution in [3.63, 3.8) is 0 Å². The largest absolute Gasteiger partial charge is 0.491 e. The molecule has 4 heteroatoms. The molecule has 0 N–H and O–H groups in total. The van der Waals surface area contributed by atoms with E-state index in [0.29, 0.717) is 0 Å². The predicted octanol–water partition coefficient (Wildman–Crippen LogP) is 3.21. The van der Waals surface area contributed by atoms with Crippen LogP contribution in [0.15, 0.2) is 12.3 Å². The van der Waals surface area contributed by atoms with E-state index >= 15 is 0 Å². The van der Waals surface area contributed by atoms with Gasteiger partial charge in [0.25, 0.3) is 0 Å². The van der Waals surface area contributed by atoms with Gasteiger partial charge >= 0.3 is 5.97 Å². The zero-order valence-corrected chi connectivity index (χ0v) is 13.7. The van der Waals surface area contributed by atoms with Crippen molar-refractivity contribution >= 4 is 5.97 Å². The van der Waals surface area contributed by atoms with E-state index in [2.05, 4.69) is 13.8 Å². The number of hydrogen-bond acceptors (Lipinski definition) is 4. The van der Waals surface area contributed by atoms with Crippen LogP contribution in [0.5, 0.6) is 0 Å². The Morgan fingerprint density at radius 3 is 2.76 bits per heavy atom. The molecule has 1 spiro atoms. The Bertz CT molecular complexity index is 497. The molecule has 1 saturated carbocycles. The Balaban J connectivity index is 1.90. The highest BCUT2D eigenvalue weighted by atomic mass is 16.6. The smallest absolute Gasteiger partial charge is 0.303 e. The second-order valence-electron chi connectivity index (χ2n) is 7.84. The van der Waals surface area contributed by atoms with Crippen molar-refractivity contribution in [2.24, 2.45) is 11.3 Å². The third-order valence-corrected chi connectivity index (χ3v) is 6.09. The monoisotopic (exact) mass is 294 g/mol. The van der Waals surface area contributed by atoms with E-state index in [0.717, 1.165) is 25.9 Å². The van der Waals surface area contributed by atoms with Crippen LogP contribution in [0.25, 0.3) is 0 Å². The van der Waals surface area contributed by atoms with Crippen LogP contribution in [0.3, 0.4) is 0 Å². The lowest BCUT2D eigenvalue weighted by atomic mass is 9.56. The van der Waals surface area contributed by atoms with Crippen molar-refractivity contribution in [3.05, 3.63) is 12.3 Å². The first kappa shape index (κ1) is 14.9. The van der Waals surface area contributed by atoms with Crippen LogP contribution in [-0.2, 0) is 19.0 Å². The third-order valence-electron chi connectivity index (χ3n) is 6.09. The van der Waals surface area contributed by atoms with Gasteiger partial charge in [-0.3, -0.25) is 4.79 Å². The van der Waals surface area contributed by atoms with Gasteiger partial charge in [0.05, 0.1) is 12.9 Å². The van der Waals surface area contributed by atoms with Gasteiger partial charge in [-0.15, -0.1) is 0 Å². The number of rotatable bonds is 2. The Morgan fingerprint density at radius 1 is 1.38 bits per heavy atom. The average molecular weight is 294 g/mol. The fraction of sp³-hybridized carbons (Fsp3) is 0.824. The molecular formula is C17H26O4. The highest BCUT2D eigenvalue weighted by Crippen LogP contribution is 2.63. The van der Waals surface area contributed by atoms with Crippen LogP contribution < -0.4 is 0 Å². The molecule has 2 fully saturated rings. The molecule has 1 aliphatic carbocycles. The maximum Gasteiger partial charge on any atom is 0.303 e. The normalized spacial score (nSPS) is 44.9. The fourth-order valence-corrected chi connectivity index (χ4v) is 4.62. The van der Waals surface area contributed by atoms with Crippen molar-refractivity contribution in [3.8, 4) is 0 Å². The van der Waals surface area contributed by atoms with Crippen molar-refractivity contribution < 1.29 is 19.0 Å². The van der Waals surface area contributed by atoms with Gasteiger partial charge in [-0.25, -0.2) is 0 Å². The van der Waals surface area contributed by atoms with Crippen molar-refractivity contribution in [2.75, 3.05) is 6.61 Å². The zero-order valence-electron chi connectivity index (χ0n) is 13.7. The summed E-state index contributed by atoms with van der Waals surface area (Å²) < 4.78 is 17.9. The van der Waals surface area contributed by atoms with Gasteiger partial charge < -0.3 is 14.2 Å². The first-order valence-electron chi connectivity index (χ1n) is 7.83. The molecule has 0 radical (unpaired) electrons. The Labute approximate surface area is 126 Å². The molecule has 0 aromatic rings. The molecule has 118 valence electrons. The van der Waals surface area contributed by atoms with Crippen LogP contribution in [0, 0.1) is 11.3 Å². The summed E-state index contributed by atoms with van der Waals surface area (Å²) in [6, 6.07) is 0. The molecule has 21 heavy (non-hydrogen) atoms. The molecule has 0 aromatic carbocycles. The van der Waals surface area contributed by atoms with E-state index in [1.807, 2.05) is 19.9 Å². The van der Waals surface area contributed by atoms with Crippen molar-refractivity contribution in [1.82, 2.24) is 0 Å². The van der Waals surface area contributed by atoms with Crippen LogP contribution in [0.4, 0.5) is 0 Å². The summed E-state index contributed by atoms with van der Waals surface area (Å²) in [5.41, 5.74) is -1.15. The summed E-state index contributed by atoms with van der Waals surface area (Å²) >= 11 is 0. The lowest BCUT2D eigenvalue weighted by Crippen LogP contribution is -2.60. The van der Waals surface area contributed by atoms with Crippen LogP contribution in [0.2, 0.25) is 0 Å². The highest BCUT2D eigenvalue weighted by molar-refractivity contribution is 5.66. The third kappa shape index (κ3) is 1.88. The topological polar surface area (TPSA) is 44.8 Å². The van der Waals surface area contributed by atoms with E-state index in [1.54, 1.807) is 6.26 Å². The standard InChI is InChI=1S/C17H26O4/c1-12(18)21-14(2,3)13-6-7-15(4)11-20-16(5)8-9-19-17(15,16)10-13/h8-9,13H,6-7,10-11H2,1-5H3. The number of esters is 1. The molecule has 0 amide bonds. The van der Waals surface area contributed by atoms with E-state index in [-0.39, 0.29) is 28.5 Å². The Morgan fingerprint density at radius 2 is 2.10 bits per heavy atom. The Kier molecular flexibility index (Phi) is 3.01. The Hall–Kier alpha value is -1.03. The summed E-state index contributed by atoms with van der Waals surface area (Å²) in [5.74, 6) is 0.0529. The van der Waals surface area contributed by atoms with E-state index in [9.17, 15) is 4.79 Å². The molecule has 0 bridgehead atoms. The minimum Gasteiger partial charge on any atom is -0.491 e. The summed E-state index contributed by atoms with van der Waals surface area (Å²) in [7, 11) is 0. The SMILES string of the molecule is CC(=O)OC(C)(C)C1CCC2(C)COC3(C)C=COC23C1. The first-order chi connectivity index (χ1) is 9.64. The molecule has 3 aliphatic rings. The van der Waals surface area contributed by atoms with Gasteiger partial charge in [0, 0.05) is 18.3 Å². The quantitative estimate of drug-likeness (QED) is 0.734. The summed E-state index contributed by atoms with van der Waals surface area (Å²) in [6.45, 7) is 10.6. The molecule has 0 aromatic heterocycles. The van der Waals surface area contributed by atoms with Gasteiger partial charge in [-0.2, -0.15) is 0 Å². The molecule has 3 rings (SSSR count). The molecule has 2 heterocycles. The van der Waals surface area contributed by atoms with Crippen molar-refractivity contribution in [1.29, 1.82) is 0 Å². The van der Waals surface area contributed by atoms with Gasteiger partial charge in [0.2, 0.25) is 0 Å². The lowest BCUT2D eigenvalue weighted by molar-refractivity contribution is -0.177. The molecule has 4 nitrogen and oxygen atoms in total. The van der Waals surface area contributed by atoms with Gasteiger partial charge in [-0.1, -0.05) is 6.92 Å². The highest BCUT2D eigenvalue weighted by Gasteiger charge is 2.70. The summed E-state index contributed by atoms with van der Waals surface area (Å²) in [5, 5.41) is 0. The number of hydrogen-bond donors (Lipinski definition) is 0. The zero-order chi connectivity index (χ0) is 15.5. The maximum atomic E-state index is 11.4. The first-order valence-corrected chi connectivity index (χ1v) is 7.83. The van der Waals surface area contributed by atoms with E-state index in [1.165, 1.54) is 6.92 Å². The average Bonchev–Trinajstić information content (AvgIpc) is 2.78. The summed E-state index contributed by atoms with van der Waals surface area (Å²) in [6.07, 6.45) is 6.74. The van der Waals surface area contributed by atoms with Crippen LogP contribution in [0.1, 0.15) is 53.9 Å². The van der Waals surface area contributed by atoms with Gasteiger partial charge in [0.1, 0.15) is 16.8 Å². The second kappa shape index (κ2) is 4.25. The molecule has 2 aliphatic heterocycles. The van der Waals surface area contributed by atoms with Crippen LogP contribution >= 0.6 is 0 Å². The van der Waals surface area contributed by atoms with Gasteiger partial charge in [0.15, 0.2) is 0 Å². The lowest BCUT2D eigenvalue weighted by Gasteiger charge is -2.52. The molecule has 4 atom stereocenters. The predicted molar refractivity (Wildman–Crippen MR) is 78.6 cm³/mol. The van der Waals surface area contributed by atoms with E-state index < -0.39 is 5.60 Å². The van der Waals surface area contributed by atoms with Gasteiger partial charge in [-0.05, 0) is 46.1 Å². The van der Waals surface area contributed by atoms with Crippen LogP contribution in [-0.4, -0.2) is 29.4 Å². The maximum absolute atomic E-state index is 11.4. The van der Waals surface area contributed by atoms with Crippen molar-refractivity contribution in [2.45, 2.75) is 70.7 Å². The molecule has 1 saturated heterocycles. The van der Waals surface area contributed by atoms with E-state index in [4.69, 9.17) is 14.2 Å².